The van der Waals surface area contributed by atoms with Crippen molar-refractivity contribution in [3.63, 3.8) is 0 Å². The lowest BCUT2D eigenvalue weighted by molar-refractivity contribution is 0.537. The molecular weight excluding hydrogens is 483 g/mol. The van der Waals surface area contributed by atoms with Gasteiger partial charge in [-0.2, -0.15) is 0 Å². The van der Waals surface area contributed by atoms with Gasteiger partial charge in [0.2, 0.25) is 0 Å². The van der Waals surface area contributed by atoms with Crippen LogP contribution in [0, 0.1) is 0 Å². The highest BCUT2D eigenvalue weighted by atomic mass is 35.5. The maximum absolute atomic E-state index is 5.94. The van der Waals surface area contributed by atoms with Crippen LogP contribution in [0.3, 0.4) is 0 Å². The van der Waals surface area contributed by atoms with Gasteiger partial charge in [0.1, 0.15) is 5.82 Å². The van der Waals surface area contributed by atoms with Crippen LogP contribution >= 0.6 is 11.6 Å². The third-order valence-corrected chi connectivity index (χ3v) is 7.22. The van der Waals surface area contributed by atoms with E-state index in [-0.39, 0.29) is 0 Å². The highest BCUT2D eigenvalue weighted by molar-refractivity contribution is 6.30. The second-order valence-corrected chi connectivity index (χ2v) is 10.4. The molecule has 38 heavy (non-hydrogen) atoms. The molecule has 0 unspecified atom stereocenters. The van der Waals surface area contributed by atoms with Crippen LogP contribution in [0.4, 0.5) is 0 Å². The summed E-state index contributed by atoms with van der Waals surface area (Å²) in [6, 6.07) is 28.9. The van der Waals surface area contributed by atoms with Crippen molar-refractivity contribution in [1.29, 1.82) is 0 Å². The van der Waals surface area contributed by atoms with Crippen LogP contribution in [-0.2, 0) is 13.0 Å². The van der Waals surface area contributed by atoms with Crippen molar-refractivity contribution in [3.05, 3.63) is 125 Å². The minimum Gasteiger partial charge on any atom is -0.335 e. The average Bonchev–Trinajstić information content (AvgIpc) is 3.40. The van der Waals surface area contributed by atoms with E-state index in [2.05, 4.69) is 83.3 Å². The van der Waals surface area contributed by atoms with Gasteiger partial charge < -0.3 is 4.57 Å². The summed E-state index contributed by atoms with van der Waals surface area (Å²) in [4.78, 5) is 4.51. The van der Waals surface area contributed by atoms with Crippen LogP contribution in [-0.4, -0.2) is 17.4 Å². The summed E-state index contributed by atoms with van der Waals surface area (Å²) in [5.41, 5.74) is 3.83. The molecule has 0 fully saturated rings. The van der Waals surface area contributed by atoms with E-state index in [1.54, 1.807) is 0 Å². The number of aryl methyl sites for hydroxylation is 1. The standard InChI is InChI=1S/C20H29ClN2.C14H13B/c1-2-3-4-5-6-7-8-9-15-23-16-14-22-20(23)17-18-10-12-19(21)13-11-18;15-11-14(12-7-3-1-4-8-12)13-9-5-2-6-10-13/h10-14,16H,2-9,15,17H2,1H3;1-10,14H,11H2. The van der Waals surface area contributed by atoms with Crippen molar-refractivity contribution in [1.82, 2.24) is 9.55 Å². The zero-order valence-corrected chi connectivity index (χ0v) is 23.7. The summed E-state index contributed by atoms with van der Waals surface area (Å²) in [6.45, 7) is 3.35. The Balaban J connectivity index is 0.000000230. The van der Waals surface area contributed by atoms with Crippen molar-refractivity contribution in [2.75, 3.05) is 0 Å². The Kier molecular flexibility index (Phi) is 13.9. The smallest absolute Gasteiger partial charge is 0.113 e. The number of hydrogen-bond acceptors (Lipinski definition) is 1. The lowest BCUT2D eigenvalue weighted by Gasteiger charge is -2.15. The van der Waals surface area contributed by atoms with E-state index < -0.39 is 0 Å². The molecule has 3 aromatic carbocycles. The zero-order valence-electron chi connectivity index (χ0n) is 22.9. The molecule has 1 heterocycles. The Labute approximate surface area is 236 Å². The van der Waals surface area contributed by atoms with E-state index in [1.165, 1.54) is 68.1 Å². The summed E-state index contributed by atoms with van der Waals surface area (Å²) < 4.78 is 2.30. The van der Waals surface area contributed by atoms with Crippen LogP contribution in [0.2, 0.25) is 11.3 Å². The van der Waals surface area contributed by atoms with Gasteiger partial charge in [-0.05, 0) is 35.2 Å². The van der Waals surface area contributed by atoms with Gasteiger partial charge in [-0.3, -0.25) is 0 Å². The topological polar surface area (TPSA) is 17.8 Å². The van der Waals surface area contributed by atoms with Gasteiger partial charge in [0.05, 0.1) is 7.85 Å². The molecule has 198 valence electrons. The maximum Gasteiger partial charge on any atom is 0.113 e. The number of nitrogens with zero attached hydrogens (tertiary/aromatic N) is 2. The molecule has 0 saturated heterocycles. The zero-order chi connectivity index (χ0) is 26.8. The van der Waals surface area contributed by atoms with Crippen molar-refractivity contribution in [3.8, 4) is 0 Å². The largest absolute Gasteiger partial charge is 0.335 e. The van der Waals surface area contributed by atoms with E-state index in [4.69, 9.17) is 19.4 Å². The Bertz CT molecular complexity index is 1090. The van der Waals surface area contributed by atoms with Gasteiger partial charge in [-0.15, -0.1) is 0 Å². The number of hydrogen-bond donors (Lipinski definition) is 0. The Morgan fingerprint density at radius 2 is 1.29 bits per heavy atom. The maximum atomic E-state index is 5.94. The van der Waals surface area contributed by atoms with E-state index in [1.807, 2.05) is 30.5 Å². The first-order valence-electron chi connectivity index (χ1n) is 14.3. The predicted molar refractivity (Wildman–Crippen MR) is 164 cm³/mol. The number of aromatic nitrogens is 2. The van der Waals surface area contributed by atoms with Gasteiger partial charge in [0.15, 0.2) is 0 Å². The summed E-state index contributed by atoms with van der Waals surface area (Å²) in [5, 5.41) is 0.788. The van der Waals surface area contributed by atoms with Crippen LogP contribution in [0.15, 0.2) is 97.3 Å². The fourth-order valence-corrected chi connectivity index (χ4v) is 4.87. The van der Waals surface area contributed by atoms with Crippen LogP contribution in [0.5, 0.6) is 0 Å². The molecule has 0 aliphatic heterocycles. The van der Waals surface area contributed by atoms with Gasteiger partial charge >= 0.3 is 0 Å². The molecule has 2 radical (unpaired) electrons. The minimum atomic E-state index is 0.312. The quantitative estimate of drug-likeness (QED) is 0.118. The minimum absolute atomic E-state index is 0.312. The Morgan fingerprint density at radius 3 is 1.84 bits per heavy atom. The van der Waals surface area contributed by atoms with Crippen molar-refractivity contribution < 1.29 is 0 Å². The lowest BCUT2D eigenvalue weighted by atomic mass is 9.81. The molecule has 4 aromatic rings. The molecule has 0 atom stereocenters. The number of rotatable bonds is 14. The predicted octanol–water partition coefficient (Wildman–Crippen LogP) is 9.67. The second-order valence-electron chi connectivity index (χ2n) is 9.92. The second kappa shape index (κ2) is 17.7. The fourth-order valence-electron chi connectivity index (χ4n) is 4.75. The summed E-state index contributed by atoms with van der Waals surface area (Å²) in [5.74, 6) is 1.46. The van der Waals surface area contributed by atoms with Gasteiger partial charge in [0.25, 0.3) is 0 Å². The SMILES string of the molecule is CCCCCCCCCCn1ccnc1Cc1ccc(Cl)cc1.[B]CC(c1ccccc1)c1ccccc1. The van der Waals surface area contributed by atoms with Gasteiger partial charge in [0, 0.05) is 36.3 Å². The van der Waals surface area contributed by atoms with E-state index in [0.717, 1.165) is 23.8 Å². The third kappa shape index (κ3) is 10.5. The number of benzene rings is 3. The normalized spacial score (nSPS) is 10.8. The highest BCUT2D eigenvalue weighted by Crippen LogP contribution is 2.26. The summed E-state index contributed by atoms with van der Waals surface area (Å²) in [6.07, 6.45) is 16.4. The fraction of sp³-hybridized carbons (Fsp3) is 0.382. The molecule has 0 N–H and O–H groups in total. The molecule has 4 rings (SSSR count). The number of unbranched alkanes of at least 4 members (excludes halogenated alkanes) is 7. The van der Waals surface area contributed by atoms with Crippen LogP contribution in [0.25, 0.3) is 0 Å². The Hall–Kier alpha value is -2.78. The molecule has 0 spiro atoms. The first kappa shape index (κ1) is 29.8. The Morgan fingerprint density at radius 1 is 0.737 bits per heavy atom. The highest BCUT2D eigenvalue weighted by Gasteiger charge is 2.10. The number of halogens is 1. The molecule has 0 aliphatic rings. The van der Waals surface area contributed by atoms with Crippen molar-refractivity contribution in [2.45, 2.75) is 83.5 Å². The molecular formula is C34H42BClN2. The third-order valence-electron chi connectivity index (χ3n) is 6.97. The van der Waals surface area contributed by atoms with E-state index >= 15 is 0 Å². The monoisotopic (exact) mass is 524 g/mol. The van der Waals surface area contributed by atoms with Gasteiger partial charge in [-0.25, -0.2) is 4.98 Å². The molecule has 2 nitrogen and oxygen atoms in total. The van der Waals surface area contributed by atoms with Crippen LogP contribution in [0.1, 0.15) is 86.7 Å². The van der Waals surface area contributed by atoms with E-state index in [9.17, 15) is 0 Å². The first-order valence-corrected chi connectivity index (χ1v) is 14.6. The number of imidazole rings is 1. The van der Waals surface area contributed by atoms with Crippen LogP contribution < -0.4 is 0 Å². The van der Waals surface area contributed by atoms with Crippen molar-refractivity contribution >= 4 is 19.4 Å². The van der Waals surface area contributed by atoms with Crippen molar-refractivity contribution in [2.24, 2.45) is 0 Å². The molecule has 1 aromatic heterocycles. The average molecular weight is 525 g/mol. The summed E-state index contributed by atoms with van der Waals surface area (Å²) >= 11 is 5.94. The molecule has 0 aliphatic carbocycles. The lowest BCUT2D eigenvalue weighted by Crippen LogP contribution is -2.04. The summed E-state index contributed by atoms with van der Waals surface area (Å²) in [7, 11) is 5.84. The molecule has 0 bridgehead atoms. The van der Waals surface area contributed by atoms with E-state index in [0.29, 0.717) is 12.2 Å². The molecule has 0 amide bonds. The first-order chi connectivity index (χ1) is 18.7. The van der Waals surface area contributed by atoms with Gasteiger partial charge in [-0.1, -0.05) is 143 Å². The molecule has 0 saturated carbocycles. The molecule has 4 heteroatoms.